The van der Waals surface area contributed by atoms with Crippen LogP contribution in [0.2, 0.25) is 19.6 Å². The first kappa shape index (κ1) is 18.9. The molecule has 118 valence electrons. The highest BCUT2D eigenvalue weighted by Gasteiger charge is 2.54. The third-order valence-corrected chi connectivity index (χ3v) is 2.54. The van der Waals surface area contributed by atoms with E-state index < -0.39 is 32.0 Å². The van der Waals surface area contributed by atoms with E-state index in [1.165, 1.54) is 19.6 Å². The lowest BCUT2D eigenvalue weighted by Gasteiger charge is -2.24. The molecule has 0 aliphatic heterocycles. The molecule has 2 nitrogen and oxygen atoms in total. The van der Waals surface area contributed by atoms with Crippen LogP contribution in [0.4, 0.5) is 26.3 Å². The van der Waals surface area contributed by atoms with Gasteiger partial charge in [-0.15, -0.1) is 0 Å². The third kappa shape index (κ3) is 6.87. The van der Waals surface area contributed by atoms with Crippen LogP contribution in [0.1, 0.15) is 6.92 Å². The van der Waals surface area contributed by atoms with Crippen molar-refractivity contribution in [2.45, 2.75) is 38.9 Å². The summed E-state index contributed by atoms with van der Waals surface area (Å²) in [6, 6.07) is 0. The average Bonchev–Trinajstić information content (AvgIpc) is 2.10. The molecule has 9 heteroatoms. The minimum atomic E-state index is -5.57. The van der Waals surface area contributed by atoms with Crippen molar-refractivity contribution in [3.8, 4) is 0 Å². The van der Waals surface area contributed by atoms with Crippen LogP contribution < -0.4 is 0 Å². The van der Waals surface area contributed by atoms with Gasteiger partial charge in [-0.05, 0) is 26.6 Å². The SMILES string of the molecule is CCO/C=C/C(O[Si](C)(C)C)=C(C(F)(F)F)C(F)(F)F. The molecule has 0 aromatic heterocycles. The Balaban J connectivity index is 5.88. The topological polar surface area (TPSA) is 18.5 Å². The van der Waals surface area contributed by atoms with Crippen LogP contribution in [-0.2, 0) is 9.16 Å². The molecule has 0 aromatic carbocycles. The fourth-order valence-electron chi connectivity index (χ4n) is 1.14. The van der Waals surface area contributed by atoms with Gasteiger partial charge in [0.1, 0.15) is 5.76 Å². The van der Waals surface area contributed by atoms with Gasteiger partial charge in [0.15, 0.2) is 5.57 Å². The third-order valence-electron chi connectivity index (χ3n) is 1.71. The van der Waals surface area contributed by atoms with E-state index >= 15 is 0 Å². The predicted octanol–water partition coefficient (Wildman–Crippen LogP) is 4.77. The van der Waals surface area contributed by atoms with E-state index in [9.17, 15) is 26.3 Å². The summed E-state index contributed by atoms with van der Waals surface area (Å²) >= 11 is 0. The van der Waals surface area contributed by atoms with Crippen molar-refractivity contribution in [2.24, 2.45) is 0 Å². The molecule has 0 aliphatic rings. The number of hydrogen-bond donors (Lipinski definition) is 0. The largest absolute Gasteiger partial charge is 0.544 e. The van der Waals surface area contributed by atoms with Crippen LogP contribution in [0.5, 0.6) is 0 Å². The van der Waals surface area contributed by atoms with Gasteiger partial charge in [0.2, 0.25) is 8.32 Å². The van der Waals surface area contributed by atoms with Crippen molar-refractivity contribution in [3.63, 3.8) is 0 Å². The summed E-state index contributed by atoms with van der Waals surface area (Å²) in [5.41, 5.74) is -2.66. The Morgan fingerprint density at radius 1 is 1.00 bits per heavy atom. The molecule has 0 saturated heterocycles. The summed E-state index contributed by atoms with van der Waals surface area (Å²) in [5, 5.41) is 0. The molecular formula is C11H16F6O2Si. The second kappa shape index (κ2) is 6.55. The first-order valence-electron chi connectivity index (χ1n) is 5.65. The van der Waals surface area contributed by atoms with E-state index in [1.54, 1.807) is 6.92 Å². The summed E-state index contributed by atoms with van der Waals surface area (Å²) in [6.07, 6.45) is -9.82. The molecule has 0 radical (unpaired) electrons. The second-order valence-corrected chi connectivity index (χ2v) is 9.14. The van der Waals surface area contributed by atoms with Crippen molar-refractivity contribution in [2.75, 3.05) is 6.61 Å². The molecule has 0 spiro atoms. The zero-order valence-electron chi connectivity index (χ0n) is 11.4. The highest BCUT2D eigenvalue weighted by Crippen LogP contribution is 2.41. The predicted molar refractivity (Wildman–Crippen MR) is 64.3 cm³/mol. The molecular weight excluding hydrogens is 306 g/mol. The number of rotatable bonds is 5. The monoisotopic (exact) mass is 322 g/mol. The van der Waals surface area contributed by atoms with Crippen molar-refractivity contribution in [1.29, 1.82) is 0 Å². The minimum Gasteiger partial charge on any atom is -0.544 e. The normalized spacial score (nSPS) is 13.5. The summed E-state index contributed by atoms with van der Waals surface area (Å²) in [7, 11) is -2.67. The lowest BCUT2D eigenvalue weighted by molar-refractivity contribution is -0.174. The maximum Gasteiger partial charge on any atom is 0.424 e. The molecule has 0 saturated carbocycles. The van der Waals surface area contributed by atoms with Crippen LogP contribution >= 0.6 is 0 Å². The van der Waals surface area contributed by atoms with Crippen molar-refractivity contribution in [3.05, 3.63) is 23.7 Å². The Morgan fingerprint density at radius 3 is 1.75 bits per heavy atom. The van der Waals surface area contributed by atoms with E-state index in [2.05, 4.69) is 4.74 Å². The molecule has 0 atom stereocenters. The van der Waals surface area contributed by atoms with Gasteiger partial charge in [-0.3, -0.25) is 0 Å². The van der Waals surface area contributed by atoms with E-state index in [-0.39, 0.29) is 6.61 Å². The summed E-state index contributed by atoms with van der Waals surface area (Å²) in [6.45, 7) is 6.09. The molecule has 0 aliphatic carbocycles. The maximum atomic E-state index is 12.6. The molecule has 0 fully saturated rings. The Labute approximate surface area is 114 Å². The maximum absolute atomic E-state index is 12.6. The van der Waals surface area contributed by atoms with Crippen molar-refractivity contribution < 1.29 is 35.5 Å². The average molecular weight is 322 g/mol. The molecule has 0 heterocycles. The van der Waals surface area contributed by atoms with Gasteiger partial charge in [0.05, 0.1) is 12.9 Å². The van der Waals surface area contributed by atoms with E-state index in [1.807, 2.05) is 0 Å². The highest BCUT2D eigenvalue weighted by molar-refractivity contribution is 6.70. The molecule has 0 aromatic rings. The van der Waals surface area contributed by atoms with Crippen molar-refractivity contribution in [1.82, 2.24) is 0 Å². The fraction of sp³-hybridized carbons (Fsp3) is 0.636. The lowest BCUT2D eigenvalue weighted by Crippen LogP contribution is -2.32. The molecule has 0 amide bonds. The molecule has 20 heavy (non-hydrogen) atoms. The lowest BCUT2D eigenvalue weighted by atomic mass is 10.2. The first-order chi connectivity index (χ1) is 8.79. The molecule has 0 unspecified atom stereocenters. The Kier molecular flexibility index (Phi) is 6.18. The Morgan fingerprint density at radius 2 is 1.45 bits per heavy atom. The Hall–Kier alpha value is -1.12. The van der Waals surface area contributed by atoms with Crippen molar-refractivity contribution >= 4 is 8.32 Å². The van der Waals surface area contributed by atoms with Gasteiger partial charge in [0, 0.05) is 6.08 Å². The quantitative estimate of drug-likeness (QED) is 0.314. The highest BCUT2D eigenvalue weighted by atomic mass is 28.4. The van der Waals surface area contributed by atoms with Crippen LogP contribution in [-0.4, -0.2) is 27.3 Å². The van der Waals surface area contributed by atoms with Gasteiger partial charge in [0.25, 0.3) is 0 Å². The van der Waals surface area contributed by atoms with Crippen LogP contribution in [0.25, 0.3) is 0 Å². The second-order valence-electron chi connectivity index (χ2n) is 4.71. The molecule has 0 rings (SSSR count). The summed E-state index contributed by atoms with van der Waals surface area (Å²) in [5.74, 6) is -1.27. The van der Waals surface area contributed by atoms with Gasteiger partial charge < -0.3 is 9.16 Å². The number of ether oxygens (including phenoxy) is 1. The Bertz CT molecular complexity index is 360. The van der Waals surface area contributed by atoms with Crippen LogP contribution in [0, 0.1) is 0 Å². The smallest absolute Gasteiger partial charge is 0.424 e. The fourth-order valence-corrected chi connectivity index (χ4v) is 1.97. The van der Waals surface area contributed by atoms with Gasteiger partial charge in [-0.1, -0.05) is 0 Å². The van der Waals surface area contributed by atoms with E-state index in [0.29, 0.717) is 6.08 Å². The van der Waals surface area contributed by atoms with Gasteiger partial charge >= 0.3 is 12.4 Å². The van der Waals surface area contributed by atoms with E-state index in [4.69, 9.17) is 4.43 Å². The number of allylic oxidation sites excluding steroid dienone is 2. The summed E-state index contributed by atoms with van der Waals surface area (Å²) in [4.78, 5) is 0. The first-order valence-corrected chi connectivity index (χ1v) is 9.05. The molecule has 0 N–H and O–H groups in total. The zero-order valence-corrected chi connectivity index (χ0v) is 12.4. The van der Waals surface area contributed by atoms with Gasteiger partial charge in [-0.25, -0.2) is 0 Å². The summed E-state index contributed by atoms with van der Waals surface area (Å²) < 4.78 is 85.4. The minimum absolute atomic E-state index is 0.115. The van der Waals surface area contributed by atoms with Gasteiger partial charge in [-0.2, -0.15) is 26.3 Å². The molecule has 0 bridgehead atoms. The van der Waals surface area contributed by atoms with Crippen LogP contribution in [0.15, 0.2) is 23.7 Å². The van der Waals surface area contributed by atoms with Crippen LogP contribution in [0.3, 0.4) is 0 Å². The standard InChI is InChI=1S/C11H16F6O2Si/c1-5-18-7-6-8(19-20(2,3)4)9(10(12,13)14)11(15,16)17/h6-7H,5H2,1-4H3/b7-6+. The zero-order chi connectivity index (χ0) is 16.2. The van der Waals surface area contributed by atoms with E-state index in [0.717, 1.165) is 6.26 Å². The number of alkyl halides is 6. The number of hydrogen-bond acceptors (Lipinski definition) is 2. The number of halogens is 6.